The van der Waals surface area contributed by atoms with Crippen LogP contribution in [0.4, 0.5) is 22.7 Å². The van der Waals surface area contributed by atoms with Crippen molar-refractivity contribution in [1.82, 2.24) is 0 Å². The summed E-state index contributed by atoms with van der Waals surface area (Å²) in [6.07, 6.45) is 3.93. The molecule has 9 nitrogen and oxygen atoms in total. The molecule has 1 fully saturated rings. The predicted molar refractivity (Wildman–Crippen MR) is 173 cm³/mol. The van der Waals surface area contributed by atoms with Gasteiger partial charge in [-0.15, -0.1) is 0 Å². The summed E-state index contributed by atoms with van der Waals surface area (Å²) in [5.74, 6) is -3.12. The molecule has 4 aliphatic rings. The van der Waals surface area contributed by atoms with E-state index in [1.807, 2.05) is 49.3 Å². The highest BCUT2D eigenvalue weighted by atomic mass is 16.3. The Labute approximate surface area is 266 Å². The van der Waals surface area contributed by atoms with Gasteiger partial charge >= 0.3 is 0 Å². The first-order chi connectivity index (χ1) is 22.1. The first kappa shape index (κ1) is 29.3. The highest BCUT2D eigenvalue weighted by molar-refractivity contribution is 6.25. The molecule has 0 bridgehead atoms. The summed E-state index contributed by atoms with van der Waals surface area (Å²) in [6, 6.07) is 21.1. The molecule has 230 valence electrons. The van der Waals surface area contributed by atoms with Crippen molar-refractivity contribution in [2.45, 2.75) is 25.7 Å². The highest BCUT2D eigenvalue weighted by Gasteiger charge is 2.56. The van der Waals surface area contributed by atoms with E-state index in [-0.39, 0.29) is 35.6 Å². The number of phenolic OH excluding ortho intramolecular Hbond substituents is 1. The summed E-state index contributed by atoms with van der Waals surface area (Å²) in [4.78, 5) is 58.0. The van der Waals surface area contributed by atoms with Gasteiger partial charge in [-0.05, 0) is 98.0 Å². The maximum atomic E-state index is 14.1. The van der Waals surface area contributed by atoms with Crippen molar-refractivity contribution in [3.8, 4) is 5.75 Å². The number of carbonyl (C=O) groups excluding carboxylic acids is 4. The van der Waals surface area contributed by atoms with Crippen molar-refractivity contribution in [2.75, 3.05) is 23.9 Å². The molecular weight excluding hydrogens is 580 g/mol. The molecule has 0 unspecified atom stereocenters. The Hall–Kier alpha value is -5.44. The van der Waals surface area contributed by atoms with Crippen LogP contribution in [0.1, 0.15) is 31.2 Å². The smallest absolute Gasteiger partial charge is 0.238 e. The van der Waals surface area contributed by atoms with E-state index in [1.165, 1.54) is 11.0 Å². The standard InChI is InChI=1S/C37H32N4O5/c1-20-18-31(43)30-19-29-27(32(34(30)35(20)44)21-4-14-26(42)15-5-21)16-17-28-33(29)37(46)41(36(28)45)25-12-8-23(9-13-25)39-38-22-6-10-24(11-7-22)40(2)3/h4-16,18,28-29,32-33,42H,17,19H2,1-3H3/t28-,29+,32-,33-/m0/s1. The summed E-state index contributed by atoms with van der Waals surface area (Å²) >= 11 is 0. The molecular formula is C37H32N4O5. The van der Waals surface area contributed by atoms with Crippen molar-refractivity contribution >= 4 is 46.1 Å². The van der Waals surface area contributed by atoms with E-state index >= 15 is 0 Å². The van der Waals surface area contributed by atoms with Gasteiger partial charge in [0.2, 0.25) is 11.8 Å². The van der Waals surface area contributed by atoms with E-state index in [0.29, 0.717) is 40.2 Å². The van der Waals surface area contributed by atoms with Crippen molar-refractivity contribution in [3.05, 3.63) is 113 Å². The monoisotopic (exact) mass is 612 g/mol. The lowest BCUT2D eigenvalue weighted by molar-refractivity contribution is -0.123. The quantitative estimate of drug-likeness (QED) is 0.152. The second kappa shape index (κ2) is 11.2. The lowest BCUT2D eigenvalue weighted by Gasteiger charge is -2.42. The number of ketones is 2. The van der Waals surface area contributed by atoms with Crippen LogP contribution in [0.3, 0.4) is 0 Å². The van der Waals surface area contributed by atoms with Crippen LogP contribution in [0.2, 0.25) is 0 Å². The zero-order chi connectivity index (χ0) is 32.3. The second-order valence-corrected chi connectivity index (χ2v) is 12.5. The van der Waals surface area contributed by atoms with Crippen molar-refractivity contribution in [1.29, 1.82) is 0 Å². The van der Waals surface area contributed by atoms with E-state index in [2.05, 4.69) is 10.2 Å². The first-order valence-electron chi connectivity index (χ1n) is 15.3. The van der Waals surface area contributed by atoms with Gasteiger partial charge < -0.3 is 10.0 Å². The molecule has 1 heterocycles. The van der Waals surface area contributed by atoms with Crippen LogP contribution in [0.15, 0.2) is 117 Å². The fourth-order valence-corrected chi connectivity index (χ4v) is 7.26. The van der Waals surface area contributed by atoms with Gasteiger partial charge in [-0.25, -0.2) is 0 Å². The van der Waals surface area contributed by atoms with Gasteiger partial charge in [0, 0.05) is 42.4 Å². The molecule has 1 aliphatic heterocycles. The number of fused-ring (bicyclic) bond motifs is 3. The molecule has 4 atom stereocenters. The van der Waals surface area contributed by atoms with Gasteiger partial charge in [0.25, 0.3) is 0 Å². The maximum Gasteiger partial charge on any atom is 0.238 e. The largest absolute Gasteiger partial charge is 0.508 e. The highest BCUT2D eigenvalue weighted by Crippen LogP contribution is 2.55. The summed E-state index contributed by atoms with van der Waals surface area (Å²) in [5, 5.41) is 18.6. The Kier molecular flexibility index (Phi) is 7.11. The lowest BCUT2D eigenvalue weighted by Crippen LogP contribution is -2.39. The van der Waals surface area contributed by atoms with Gasteiger partial charge in [0.15, 0.2) is 11.6 Å². The minimum absolute atomic E-state index is 0.0866. The molecule has 0 spiro atoms. The number of aromatic hydroxyl groups is 1. The van der Waals surface area contributed by atoms with E-state index in [4.69, 9.17) is 0 Å². The minimum atomic E-state index is -0.666. The van der Waals surface area contributed by atoms with Crippen LogP contribution in [0.25, 0.3) is 0 Å². The summed E-state index contributed by atoms with van der Waals surface area (Å²) in [7, 11) is 3.93. The fourth-order valence-electron chi connectivity index (χ4n) is 7.26. The van der Waals surface area contributed by atoms with Gasteiger partial charge in [-0.3, -0.25) is 24.1 Å². The number of hydrogen-bond acceptors (Lipinski definition) is 8. The third kappa shape index (κ3) is 4.79. The van der Waals surface area contributed by atoms with Crippen LogP contribution < -0.4 is 9.80 Å². The molecule has 1 saturated heterocycles. The number of Topliss-reactive ketones (excluding diaryl/α,β-unsaturated/α-hetero) is 1. The number of nitrogens with zero attached hydrogens (tertiary/aromatic N) is 4. The summed E-state index contributed by atoms with van der Waals surface area (Å²) in [5.41, 5.74) is 5.63. The molecule has 9 heteroatoms. The van der Waals surface area contributed by atoms with E-state index in [9.17, 15) is 24.3 Å². The number of azo groups is 1. The van der Waals surface area contributed by atoms with E-state index in [0.717, 1.165) is 16.8 Å². The number of imide groups is 1. The molecule has 0 saturated carbocycles. The van der Waals surface area contributed by atoms with E-state index < -0.39 is 23.7 Å². The van der Waals surface area contributed by atoms with Gasteiger partial charge in [-0.2, -0.15) is 10.2 Å². The molecule has 0 aromatic heterocycles. The van der Waals surface area contributed by atoms with Crippen LogP contribution in [0.5, 0.6) is 5.75 Å². The van der Waals surface area contributed by atoms with Crippen molar-refractivity contribution in [3.63, 3.8) is 0 Å². The first-order valence-corrected chi connectivity index (χ1v) is 15.3. The minimum Gasteiger partial charge on any atom is -0.508 e. The number of phenols is 1. The number of carbonyl (C=O) groups is 4. The third-order valence-corrected chi connectivity index (χ3v) is 9.55. The topological polar surface area (TPSA) is 120 Å². The van der Waals surface area contributed by atoms with Gasteiger partial charge in [0.1, 0.15) is 5.75 Å². The maximum absolute atomic E-state index is 14.1. The number of benzene rings is 3. The number of amides is 2. The van der Waals surface area contributed by atoms with Crippen molar-refractivity contribution in [2.24, 2.45) is 28.0 Å². The average molecular weight is 613 g/mol. The Balaban J connectivity index is 1.18. The molecule has 3 aliphatic carbocycles. The fraction of sp³-hybridized carbons (Fsp3) is 0.243. The second-order valence-electron chi connectivity index (χ2n) is 12.5. The van der Waals surface area contributed by atoms with Crippen LogP contribution in [0, 0.1) is 17.8 Å². The SMILES string of the molecule is CC1=CC(=O)C2=C(C1=O)[C@@H](c1ccc(O)cc1)C1=CC[C@@H]3C(=O)N(c4ccc(N=Nc5ccc(N(C)C)cc5)cc4)C(=O)[C@@H]3[C@@H]1C2. The predicted octanol–water partition coefficient (Wildman–Crippen LogP) is 6.51. The Morgan fingerprint density at radius 1 is 0.804 bits per heavy atom. The third-order valence-electron chi connectivity index (χ3n) is 9.55. The Morgan fingerprint density at radius 3 is 2.07 bits per heavy atom. The van der Waals surface area contributed by atoms with Gasteiger partial charge in [-0.1, -0.05) is 23.8 Å². The number of rotatable bonds is 5. The van der Waals surface area contributed by atoms with Crippen LogP contribution >= 0.6 is 0 Å². The van der Waals surface area contributed by atoms with E-state index in [1.54, 1.807) is 55.5 Å². The molecule has 0 radical (unpaired) electrons. The molecule has 3 aromatic carbocycles. The zero-order valence-electron chi connectivity index (χ0n) is 25.7. The van der Waals surface area contributed by atoms with Gasteiger partial charge in [0.05, 0.1) is 28.9 Å². The average Bonchev–Trinajstić information content (AvgIpc) is 3.31. The summed E-state index contributed by atoms with van der Waals surface area (Å²) in [6.45, 7) is 1.64. The molecule has 7 rings (SSSR count). The molecule has 2 amide bonds. The molecule has 1 N–H and O–H groups in total. The van der Waals surface area contributed by atoms with Crippen molar-refractivity contribution < 1.29 is 24.3 Å². The zero-order valence-corrected chi connectivity index (χ0v) is 25.7. The van der Waals surface area contributed by atoms with Crippen LogP contribution in [-0.4, -0.2) is 42.6 Å². The summed E-state index contributed by atoms with van der Waals surface area (Å²) < 4.78 is 0. The number of hydrogen-bond donors (Lipinski definition) is 1. The number of anilines is 2. The molecule has 3 aromatic rings. The normalized spacial score (nSPS) is 24.1. The van der Waals surface area contributed by atoms with Crippen LogP contribution in [-0.2, 0) is 19.2 Å². The number of allylic oxidation sites excluding steroid dienone is 6. The molecule has 46 heavy (non-hydrogen) atoms. The lowest BCUT2D eigenvalue weighted by atomic mass is 9.59. The Bertz CT molecular complexity index is 1920. The Morgan fingerprint density at radius 2 is 1.43 bits per heavy atom.